The third kappa shape index (κ3) is 5.25. The normalized spacial score (nSPS) is 13.5. The molecule has 3 N–H and O–H groups in total. The van der Waals surface area contributed by atoms with Crippen LogP contribution in [-0.4, -0.2) is 71.2 Å². The second kappa shape index (κ2) is 10.1. The summed E-state index contributed by atoms with van der Waals surface area (Å²) in [5, 5.41) is 14.2. The van der Waals surface area contributed by atoms with Crippen molar-refractivity contribution < 1.29 is 4.79 Å². The van der Waals surface area contributed by atoms with Gasteiger partial charge in [0.2, 0.25) is 0 Å². The molecule has 1 aliphatic heterocycles. The molecule has 180 valence electrons. The van der Waals surface area contributed by atoms with Crippen molar-refractivity contribution >= 4 is 34.0 Å². The zero-order valence-electron chi connectivity index (χ0n) is 20.1. The van der Waals surface area contributed by atoms with Crippen LogP contribution < -0.4 is 15.5 Å². The van der Waals surface area contributed by atoms with Gasteiger partial charge in [-0.3, -0.25) is 14.9 Å². The number of benzene rings is 1. The van der Waals surface area contributed by atoms with E-state index >= 15 is 0 Å². The molecule has 5 rings (SSSR count). The van der Waals surface area contributed by atoms with E-state index in [4.69, 9.17) is 0 Å². The molecule has 1 saturated heterocycles. The van der Waals surface area contributed by atoms with Gasteiger partial charge in [0.25, 0.3) is 5.91 Å². The highest BCUT2D eigenvalue weighted by atomic mass is 16.1. The Morgan fingerprint density at radius 1 is 1.06 bits per heavy atom. The molecule has 0 unspecified atom stereocenters. The van der Waals surface area contributed by atoms with Crippen molar-refractivity contribution in [1.82, 2.24) is 25.1 Å². The van der Waals surface area contributed by atoms with Crippen molar-refractivity contribution in [2.24, 2.45) is 0 Å². The number of anilines is 3. The number of fused-ring (bicyclic) bond motifs is 1. The number of carbonyl (C=O) groups excluding carboxylic acids is 1. The minimum Gasteiger partial charge on any atom is -0.370 e. The monoisotopic (exact) mass is 470 g/mol. The summed E-state index contributed by atoms with van der Waals surface area (Å²) in [4.78, 5) is 26.3. The Morgan fingerprint density at radius 2 is 1.91 bits per heavy atom. The van der Waals surface area contributed by atoms with E-state index in [-0.39, 0.29) is 5.91 Å². The van der Waals surface area contributed by atoms with Crippen LogP contribution in [-0.2, 0) is 0 Å². The van der Waals surface area contributed by atoms with Crippen LogP contribution >= 0.6 is 0 Å². The Bertz CT molecular complexity index is 1310. The Balaban J connectivity index is 1.32. The van der Waals surface area contributed by atoms with Crippen LogP contribution in [0.1, 0.15) is 23.3 Å². The fourth-order valence-electron chi connectivity index (χ4n) is 4.27. The lowest BCUT2D eigenvalue weighted by Crippen LogP contribution is -2.21. The summed E-state index contributed by atoms with van der Waals surface area (Å²) in [6, 6.07) is 11.8. The molecule has 0 saturated carbocycles. The number of aromatic nitrogens is 4. The maximum absolute atomic E-state index is 13.0. The Labute approximate surface area is 204 Å². The summed E-state index contributed by atoms with van der Waals surface area (Å²) in [6.07, 6.45) is 7.86. The highest BCUT2D eigenvalue weighted by Crippen LogP contribution is 2.29. The average molecular weight is 471 g/mol. The maximum Gasteiger partial charge on any atom is 0.276 e. The lowest BCUT2D eigenvalue weighted by atomic mass is 10.0. The van der Waals surface area contributed by atoms with Gasteiger partial charge in [0.15, 0.2) is 5.69 Å². The third-order valence-electron chi connectivity index (χ3n) is 6.19. The zero-order valence-corrected chi connectivity index (χ0v) is 20.1. The molecule has 4 heterocycles. The average Bonchev–Trinajstić information content (AvgIpc) is 3.55. The minimum absolute atomic E-state index is 0.285. The number of pyridine rings is 2. The summed E-state index contributed by atoms with van der Waals surface area (Å²) in [5.74, 6) is 0.483. The fraction of sp³-hybridized carbons (Fsp3) is 0.308. The summed E-state index contributed by atoms with van der Waals surface area (Å²) in [5.41, 5.74) is 4.92. The third-order valence-corrected chi connectivity index (χ3v) is 6.19. The van der Waals surface area contributed by atoms with Crippen LogP contribution in [0, 0.1) is 0 Å². The molecule has 0 aliphatic carbocycles. The number of nitrogens with zero attached hydrogens (tertiary/aromatic N) is 5. The van der Waals surface area contributed by atoms with E-state index in [9.17, 15) is 4.79 Å². The van der Waals surface area contributed by atoms with E-state index in [0.29, 0.717) is 11.4 Å². The Hall–Kier alpha value is -3.98. The molecule has 1 fully saturated rings. The largest absolute Gasteiger partial charge is 0.370 e. The molecule has 1 aliphatic rings. The molecule has 9 nitrogen and oxygen atoms in total. The van der Waals surface area contributed by atoms with Crippen molar-refractivity contribution in [3.63, 3.8) is 0 Å². The molecular formula is C26H30N8O. The smallest absolute Gasteiger partial charge is 0.276 e. The SMILES string of the molecule is CN(C)CCNc1ccc(NC(=O)c2n[nH]c3ccc(-c4cncc(N5CCCC5)c4)cc23)cn1. The second-order valence-corrected chi connectivity index (χ2v) is 9.07. The number of hydrogen-bond acceptors (Lipinski definition) is 7. The predicted molar refractivity (Wildman–Crippen MR) is 140 cm³/mol. The van der Waals surface area contributed by atoms with Gasteiger partial charge in [-0.25, -0.2) is 4.98 Å². The fourth-order valence-corrected chi connectivity index (χ4v) is 4.27. The molecule has 3 aromatic heterocycles. The van der Waals surface area contributed by atoms with Crippen LogP contribution in [0.3, 0.4) is 0 Å². The summed E-state index contributed by atoms with van der Waals surface area (Å²) in [6.45, 7) is 3.84. The second-order valence-electron chi connectivity index (χ2n) is 9.07. The van der Waals surface area contributed by atoms with Crippen LogP contribution in [0.5, 0.6) is 0 Å². The van der Waals surface area contributed by atoms with Crippen molar-refractivity contribution in [2.45, 2.75) is 12.8 Å². The van der Waals surface area contributed by atoms with Gasteiger partial charge in [-0.1, -0.05) is 6.07 Å². The molecule has 0 bridgehead atoms. The molecular weight excluding hydrogens is 440 g/mol. The molecule has 0 radical (unpaired) electrons. The number of nitrogens with one attached hydrogen (secondary N) is 3. The first-order valence-electron chi connectivity index (χ1n) is 11.9. The number of likely N-dealkylation sites (N-methyl/N-ethyl adjacent to an activating group) is 1. The van der Waals surface area contributed by atoms with E-state index in [1.54, 1.807) is 6.20 Å². The van der Waals surface area contributed by atoms with E-state index in [2.05, 4.69) is 46.7 Å². The van der Waals surface area contributed by atoms with E-state index < -0.39 is 0 Å². The lowest BCUT2D eigenvalue weighted by molar-refractivity contribution is 0.102. The van der Waals surface area contributed by atoms with Crippen LogP contribution in [0.2, 0.25) is 0 Å². The summed E-state index contributed by atoms with van der Waals surface area (Å²) < 4.78 is 0. The van der Waals surface area contributed by atoms with E-state index in [1.165, 1.54) is 12.8 Å². The number of aromatic amines is 1. The maximum atomic E-state index is 13.0. The Morgan fingerprint density at radius 3 is 2.69 bits per heavy atom. The van der Waals surface area contributed by atoms with Gasteiger partial charge >= 0.3 is 0 Å². The van der Waals surface area contributed by atoms with Gasteiger partial charge < -0.3 is 20.4 Å². The first-order valence-corrected chi connectivity index (χ1v) is 11.9. The topological polar surface area (TPSA) is 102 Å². The molecule has 1 amide bonds. The summed E-state index contributed by atoms with van der Waals surface area (Å²) >= 11 is 0. The van der Waals surface area contributed by atoms with E-state index in [0.717, 1.165) is 59.7 Å². The number of hydrogen-bond donors (Lipinski definition) is 3. The first kappa shape index (κ1) is 22.8. The lowest BCUT2D eigenvalue weighted by Gasteiger charge is -2.17. The van der Waals surface area contributed by atoms with E-state index in [1.807, 2.05) is 56.8 Å². The Kier molecular flexibility index (Phi) is 6.58. The molecule has 1 aromatic carbocycles. The quantitative estimate of drug-likeness (QED) is 0.360. The zero-order chi connectivity index (χ0) is 24.2. The summed E-state index contributed by atoms with van der Waals surface area (Å²) in [7, 11) is 4.05. The molecule has 0 spiro atoms. The molecule has 35 heavy (non-hydrogen) atoms. The van der Waals surface area contributed by atoms with Gasteiger partial charge in [0.05, 0.1) is 29.3 Å². The van der Waals surface area contributed by atoms with Crippen molar-refractivity contribution in [3.05, 3.63) is 60.7 Å². The van der Waals surface area contributed by atoms with Gasteiger partial charge in [0, 0.05) is 43.3 Å². The highest BCUT2D eigenvalue weighted by Gasteiger charge is 2.17. The van der Waals surface area contributed by atoms with Crippen LogP contribution in [0.25, 0.3) is 22.0 Å². The van der Waals surface area contributed by atoms with Gasteiger partial charge in [-0.15, -0.1) is 0 Å². The van der Waals surface area contributed by atoms with Crippen LogP contribution in [0.15, 0.2) is 55.0 Å². The van der Waals surface area contributed by atoms with Crippen molar-refractivity contribution in [2.75, 3.05) is 55.8 Å². The number of amides is 1. The number of H-pyrrole nitrogens is 1. The highest BCUT2D eigenvalue weighted by molar-refractivity contribution is 6.11. The van der Waals surface area contributed by atoms with Gasteiger partial charge in [0.1, 0.15) is 5.82 Å². The molecule has 9 heteroatoms. The molecule has 4 aromatic rings. The van der Waals surface area contributed by atoms with Crippen molar-refractivity contribution in [1.29, 1.82) is 0 Å². The standard InChI is InChI=1S/C26H30N8O/c1-33(2)12-9-28-24-8-6-20(16-29-24)30-26(35)25-22-14-18(5-7-23(22)31-32-25)19-13-21(17-27-15-19)34-10-3-4-11-34/h5-8,13-17H,3-4,9-12H2,1-2H3,(H,28,29)(H,30,35)(H,31,32). The van der Waals surface area contributed by atoms with Crippen LogP contribution in [0.4, 0.5) is 17.2 Å². The number of rotatable bonds is 8. The number of carbonyl (C=O) groups is 1. The minimum atomic E-state index is -0.285. The van der Waals surface area contributed by atoms with Gasteiger partial charge in [-0.05, 0) is 62.8 Å². The predicted octanol–water partition coefficient (Wildman–Crippen LogP) is 3.85. The van der Waals surface area contributed by atoms with Crippen molar-refractivity contribution in [3.8, 4) is 11.1 Å². The molecule has 0 atom stereocenters. The first-order chi connectivity index (χ1) is 17.1. The van der Waals surface area contributed by atoms with Gasteiger partial charge in [-0.2, -0.15) is 5.10 Å².